The van der Waals surface area contributed by atoms with Gasteiger partial charge in [-0.25, -0.2) is 0 Å². The normalized spacial score (nSPS) is 12.6. The zero-order valence-electron chi connectivity index (χ0n) is 18.4. The van der Waals surface area contributed by atoms with Gasteiger partial charge in [-0.05, 0) is 79.3 Å². The van der Waals surface area contributed by atoms with E-state index in [1.807, 2.05) is 12.1 Å². The smallest absolute Gasteiger partial charge is 0.150 e. The molecule has 0 aliphatic carbocycles. The molecule has 2 N–H and O–H groups in total. The Morgan fingerprint density at radius 1 is 0.931 bits per heavy atom. The summed E-state index contributed by atoms with van der Waals surface area (Å²) in [5, 5.41) is 9.08. The third-order valence-electron chi connectivity index (χ3n) is 5.92. The van der Waals surface area contributed by atoms with E-state index in [1.165, 1.54) is 5.56 Å². The molecule has 0 aliphatic rings. The van der Waals surface area contributed by atoms with Gasteiger partial charge in [0.1, 0.15) is 17.1 Å². The van der Waals surface area contributed by atoms with Crippen molar-refractivity contribution >= 4 is 48.9 Å². The summed E-state index contributed by atoms with van der Waals surface area (Å²) in [6.45, 7) is 13.4. The summed E-state index contributed by atoms with van der Waals surface area (Å²) in [5.41, 5.74) is 10.4. The topological polar surface area (TPSA) is 60.0 Å². The van der Waals surface area contributed by atoms with Crippen LogP contribution in [0.3, 0.4) is 0 Å². The third kappa shape index (κ3) is 5.02. The quantitative estimate of drug-likeness (QED) is 0.291. The van der Waals surface area contributed by atoms with Crippen LogP contribution in [0, 0.1) is 0 Å². The van der Waals surface area contributed by atoms with Gasteiger partial charge in [-0.3, -0.25) is 0 Å². The van der Waals surface area contributed by atoms with E-state index in [4.69, 9.17) is 10.5 Å². The number of rotatable bonds is 7. The molecule has 6 heteroatoms. The SMILES string of the molecule is CCC(C)(C)c1cc(N=Nc2c(Br)ccc(Br)c2N)c(OC)c(C(C)(C)CC)c1. The Hall–Kier alpha value is -1.40. The van der Waals surface area contributed by atoms with Crippen LogP contribution in [0.25, 0.3) is 0 Å². The first-order valence-corrected chi connectivity index (χ1v) is 11.4. The number of hydrogen-bond donors (Lipinski definition) is 1. The van der Waals surface area contributed by atoms with Gasteiger partial charge in [0.05, 0.1) is 12.8 Å². The number of ether oxygens (including phenoxy) is 1. The number of halogens is 2. The maximum absolute atomic E-state index is 6.20. The van der Waals surface area contributed by atoms with E-state index < -0.39 is 0 Å². The van der Waals surface area contributed by atoms with Crippen molar-refractivity contribution in [1.82, 2.24) is 0 Å². The molecule has 0 aromatic heterocycles. The van der Waals surface area contributed by atoms with Crippen LogP contribution in [0.5, 0.6) is 5.75 Å². The number of nitrogens with two attached hydrogens (primary N) is 1. The highest BCUT2D eigenvalue weighted by molar-refractivity contribution is 9.11. The molecule has 0 fully saturated rings. The Labute approximate surface area is 191 Å². The van der Waals surface area contributed by atoms with Crippen LogP contribution in [0.15, 0.2) is 43.4 Å². The molecule has 0 amide bonds. The summed E-state index contributed by atoms with van der Waals surface area (Å²) >= 11 is 6.98. The number of methoxy groups -OCH3 is 1. The molecule has 0 spiro atoms. The summed E-state index contributed by atoms with van der Waals surface area (Å²) in [6.07, 6.45) is 2.01. The molecular formula is C23H31Br2N3O. The van der Waals surface area contributed by atoms with Crippen molar-refractivity contribution in [1.29, 1.82) is 0 Å². The maximum Gasteiger partial charge on any atom is 0.150 e. The fraction of sp³-hybridized carbons (Fsp3) is 0.478. The lowest BCUT2D eigenvalue weighted by Crippen LogP contribution is -2.21. The maximum atomic E-state index is 6.20. The van der Waals surface area contributed by atoms with Crippen LogP contribution in [0.2, 0.25) is 0 Å². The molecule has 0 radical (unpaired) electrons. The second kappa shape index (κ2) is 9.17. The minimum absolute atomic E-state index is 0.0184. The highest BCUT2D eigenvalue weighted by Gasteiger charge is 2.29. The lowest BCUT2D eigenvalue weighted by molar-refractivity contribution is 0.388. The molecule has 0 heterocycles. The minimum Gasteiger partial charge on any atom is -0.494 e. The molecule has 2 aromatic rings. The lowest BCUT2D eigenvalue weighted by atomic mass is 9.76. The highest BCUT2D eigenvalue weighted by atomic mass is 79.9. The molecule has 0 saturated carbocycles. The van der Waals surface area contributed by atoms with Crippen molar-refractivity contribution in [2.75, 3.05) is 12.8 Å². The van der Waals surface area contributed by atoms with E-state index in [-0.39, 0.29) is 10.8 Å². The fourth-order valence-corrected chi connectivity index (χ4v) is 3.70. The second-order valence-electron chi connectivity index (χ2n) is 8.54. The van der Waals surface area contributed by atoms with Gasteiger partial charge in [-0.15, -0.1) is 10.2 Å². The highest BCUT2D eigenvalue weighted by Crippen LogP contribution is 2.45. The molecule has 0 unspecified atom stereocenters. The first-order valence-electron chi connectivity index (χ1n) is 9.86. The molecule has 0 aliphatic heterocycles. The average Bonchev–Trinajstić information content (AvgIpc) is 2.70. The number of hydrogen-bond acceptors (Lipinski definition) is 4. The number of benzene rings is 2. The van der Waals surface area contributed by atoms with Gasteiger partial charge in [-0.2, -0.15) is 0 Å². The van der Waals surface area contributed by atoms with Gasteiger partial charge in [0, 0.05) is 14.5 Å². The first kappa shape index (κ1) is 23.9. The van der Waals surface area contributed by atoms with Gasteiger partial charge < -0.3 is 10.5 Å². The summed E-state index contributed by atoms with van der Waals surface area (Å²) in [5.74, 6) is 0.765. The van der Waals surface area contributed by atoms with Crippen LogP contribution in [-0.2, 0) is 10.8 Å². The average molecular weight is 525 g/mol. The molecular weight excluding hydrogens is 494 g/mol. The van der Waals surface area contributed by atoms with Gasteiger partial charge in [0.2, 0.25) is 0 Å². The summed E-state index contributed by atoms with van der Waals surface area (Å²) in [7, 11) is 1.69. The van der Waals surface area contributed by atoms with Crippen molar-refractivity contribution in [3.05, 3.63) is 44.3 Å². The van der Waals surface area contributed by atoms with Crippen molar-refractivity contribution in [3.8, 4) is 5.75 Å². The fourth-order valence-electron chi connectivity index (χ4n) is 2.95. The third-order valence-corrected chi connectivity index (χ3v) is 7.26. The van der Waals surface area contributed by atoms with E-state index in [0.29, 0.717) is 17.1 Å². The van der Waals surface area contributed by atoms with Gasteiger partial charge in [-0.1, -0.05) is 47.6 Å². The Balaban J connectivity index is 2.75. The van der Waals surface area contributed by atoms with Crippen molar-refractivity contribution in [2.45, 2.75) is 65.2 Å². The van der Waals surface area contributed by atoms with E-state index >= 15 is 0 Å². The molecule has 0 bridgehead atoms. The number of nitrogens with zero attached hydrogens (tertiary/aromatic N) is 2. The Morgan fingerprint density at radius 3 is 2.07 bits per heavy atom. The van der Waals surface area contributed by atoms with Crippen LogP contribution in [0.1, 0.15) is 65.5 Å². The second-order valence-corrected chi connectivity index (χ2v) is 10.3. The minimum atomic E-state index is -0.0508. The molecule has 0 atom stereocenters. The Bertz CT molecular complexity index is 921. The molecule has 158 valence electrons. The zero-order valence-corrected chi connectivity index (χ0v) is 21.5. The molecule has 4 nitrogen and oxygen atoms in total. The predicted molar refractivity (Wildman–Crippen MR) is 130 cm³/mol. The van der Waals surface area contributed by atoms with Crippen LogP contribution in [-0.4, -0.2) is 7.11 Å². The molecule has 2 aromatic carbocycles. The Kier molecular flexibility index (Phi) is 7.55. The van der Waals surface area contributed by atoms with Crippen LogP contribution >= 0.6 is 31.9 Å². The van der Waals surface area contributed by atoms with E-state index in [9.17, 15) is 0 Å². The van der Waals surface area contributed by atoms with Crippen molar-refractivity contribution in [2.24, 2.45) is 10.2 Å². The molecule has 0 saturated heterocycles. The Morgan fingerprint density at radius 2 is 1.52 bits per heavy atom. The standard InChI is InChI=1S/C23H31Br2N3O/c1-8-22(3,4)14-12-15(23(5,6)9-2)21(29-7)18(13-14)27-28-20-17(25)11-10-16(24)19(20)26/h10-13H,8-9,26H2,1-7H3. The van der Waals surface area contributed by atoms with E-state index in [1.54, 1.807) is 7.11 Å². The van der Waals surface area contributed by atoms with Crippen LogP contribution in [0.4, 0.5) is 17.1 Å². The lowest BCUT2D eigenvalue weighted by Gasteiger charge is -2.30. The zero-order chi connectivity index (χ0) is 22.0. The van der Waals surface area contributed by atoms with E-state index in [0.717, 1.165) is 33.1 Å². The monoisotopic (exact) mass is 523 g/mol. The van der Waals surface area contributed by atoms with Crippen molar-refractivity contribution < 1.29 is 4.74 Å². The molecule has 29 heavy (non-hydrogen) atoms. The summed E-state index contributed by atoms with van der Waals surface area (Å²) < 4.78 is 7.41. The first-order chi connectivity index (χ1) is 13.5. The number of anilines is 1. The van der Waals surface area contributed by atoms with Crippen molar-refractivity contribution in [3.63, 3.8) is 0 Å². The van der Waals surface area contributed by atoms with Gasteiger partial charge in [0.25, 0.3) is 0 Å². The largest absolute Gasteiger partial charge is 0.494 e. The summed E-state index contributed by atoms with van der Waals surface area (Å²) in [6, 6.07) is 8.14. The number of azo groups is 1. The van der Waals surface area contributed by atoms with E-state index in [2.05, 4.69) is 95.8 Å². The predicted octanol–water partition coefficient (Wildman–Crippen LogP) is 8.59. The van der Waals surface area contributed by atoms with Gasteiger partial charge >= 0.3 is 0 Å². The van der Waals surface area contributed by atoms with Gasteiger partial charge in [0.15, 0.2) is 0 Å². The molecule has 2 rings (SSSR count). The summed E-state index contributed by atoms with van der Waals surface area (Å²) in [4.78, 5) is 0. The number of nitrogen functional groups attached to an aromatic ring is 1. The van der Waals surface area contributed by atoms with Crippen LogP contribution < -0.4 is 10.5 Å².